The molecule has 7 nitrogen and oxygen atoms in total. The number of nitrogens with zero attached hydrogens (tertiary/aromatic N) is 3. The molecule has 3 aliphatic heterocycles. The van der Waals surface area contributed by atoms with Crippen LogP contribution in [-0.2, 0) is 20.7 Å². The summed E-state index contributed by atoms with van der Waals surface area (Å²) in [4.78, 5) is 31.5. The van der Waals surface area contributed by atoms with Crippen LogP contribution < -0.4 is 10.6 Å². The fourth-order valence-corrected chi connectivity index (χ4v) is 4.25. The van der Waals surface area contributed by atoms with Gasteiger partial charge in [-0.05, 0) is 30.9 Å². The van der Waals surface area contributed by atoms with Crippen molar-refractivity contribution in [3.63, 3.8) is 0 Å². The van der Waals surface area contributed by atoms with E-state index >= 15 is 0 Å². The van der Waals surface area contributed by atoms with Crippen LogP contribution in [0.3, 0.4) is 0 Å². The van der Waals surface area contributed by atoms with Crippen molar-refractivity contribution in [2.45, 2.75) is 24.8 Å². The van der Waals surface area contributed by atoms with Crippen LogP contribution in [0, 0.1) is 0 Å². The molecule has 1 aromatic carbocycles. The first-order valence-corrected chi connectivity index (χ1v) is 9.83. The Morgan fingerprint density at radius 2 is 1.74 bits per heavy atom. The minimum atomic E-state index is -0.782. The average Bonchev–Trinajstić information content (AvgIpc) is 3.13. The molecule has 27 heavy (non-hydrogen) atoms. The van der Waals surface area contributed by atoms with Crippen molar-refractivity contribution in [2.75, 3.05) is 57.4 Å². The fourth-order valence-electron chi connectivity index (χ4n) is 4.25. The SMILES string of the molecule is NC1(C(=O)N2CCN(CC(=O)N3CCc4ccccc43)CC2)CCOCC1. The van der Waals surface area contributed by atoms with Gasteiger partial charge in [-0.15, -0.1) is 0 Å². The molecule has 2 saturated heterocycles. The molecule has 0 radical (unpaired) electrons. The third-order valence-electron chi connectivity index (χ3n) is 6.02. The molecule has 0 saturated carbocycles. The summed E-state index contributed by atoms with van der Waals surface area (Å²) >= 11 is 0. The first-order valence-electron chi connectivity index (χ1n) is 9.83. The Kier molecular flexibility index (Phi) is 5.16. The molecule has 3 heterocycles. The first-order chi connectivity index (χ1) is 13.1. The van der Waals surface area contributed by atoms with E-state index in [4.69, 9.17) is 10.5 Å². The zero-order valence-corrected chi connectivity index (χ0v) is 15.7. The number of hydrogen-bond donors (Lipinski definition) is 1. The minimum absolute atomic E-state index is 0.0326. The molecule has 0 aromatic heterocycles. The molecule has 0 aliphatic carbocycles. The molecule has 0 bridgehead atoms. The van der Waals surface area contributed by atoms with Crippen LogP contribution in [-0.4, -0.2) is 79.6 Å². The highest BCUT2D eigenvalue weighted by Crippen LogP contribution is 2.27. The molecule has 3 aliphatic rings. The van der Waals surface area contributed by atoms with Gasteiger partial charge in [0.1, 0.15) is 0 Å². The van der Waals surface area contributed by atoms with E-state index in [1.54, 1.807) is 0 Å². The second-order valence-corrected chi connectivity index (χ2v) is 7.76. The lowest BCUT2D eigenvalue weighted by molar-refractivity contribution is -0.142. The summed E-state index contributed by atoms with van der Waals surface area (Å²) in [6, 6.07) is 8.11. The molecule has 0 atom stereocenters. The Hall–Kier alpha value is -1.96. The molecule has 4 rings (SSSR count). The van der Waals surface area contributed by atoms with E-state index in [0.717, 1.165) is 18.7 Å². The maximum atomic E-state index is 12.8. The number of fused-ring (bicyclic) bond motifs is 1. The van der Waals surface area contributed by atoms with E-state index in [1.165, 1.54) is 5.56 Å². The number of anilines is 1. The van der Waals surface area contributed by atoms with E-state index in [0.29, 0.717) is 58.8 Å². The van der Waals surface area contributed by atoms with Crippen molar-refractivity contribution >= 4 is 17.5 Å². The number of carbonyl (C=O) groups is 2. The van der Waals surface area contributed by atoms with Crippen LogP contribution >= 0.6 is 0 Å². The smallest absolute Gasteiger partial charge is 0.242 e. The average molecular weight is 372 g/mol. The van der Waals surface area contributed by atoms with E-state index in [1.807, 2.05) is 28.0 Å². The summed E-state index contributed by atoms with van der Waals surface area (Å²) in [5.74, 6) is 0.171. The van der Waals surface area contributed by atoms with Gasteiger partial charge in [-0.2, -0.15) is 0 Å². The van der Waals surface area contributed by atoms with Crippen molar-refractivity contribution in [1.29, 1.82) is 0 Å². The molecule has 1 aromatic rings. The normalized spacial score (nSPS) is 22.6. The summed E-state index contributed by atoms with van der Waals surface area (Å²) in [6.07, 6.45) is 2.09. The lowest BCUT2D eigenvalue weighted by atomic mass is 9.89. The summed E-state index contributed by atoms with van der Waals surface area (Å²) in [7, 11) is 0. The highest BCUT2D eigenvalue weighted by Gasteiger charge is 2.40. The lowest BCUT2D eigenvalue weighted by Gasteiger charge is -2.41. The van der Waals surface area contributed by atoms with Gasteiger partial charge in [-0.25, -0.2) is 0 Å². The van der Waals surface area contributed by atoms with Crippen LogP contribution in [0.15, 0.2) is 24.3 Å². The minimum Gasteiger partial charge on any atom is -0.381 e. The van der Waals surface area contributed by atoms with Gasteiger partial charge in [0.25, 0.3) is 0 Å². The van der Waals surface area contributed by atoms with Crippen molar-refractivity contribution < 1.29 is 14.3 Å². The van der Waals surface area contributed by atoms with E-state index in [-0.39, 0.29) is 11.8 Å². The standard InChI is InChI=1S/C20H28N4O3/c21-20(6-13-27-14-7-20)19(26)23-11-9-22(10-12-23)15-18(25)24-8-5-16-3-1-2-4-17(16)24/h1-4H,5-15,21H2. The number of ether oxygens (including phenoxy) is 1. The van der Waals surface area contributed by atoms with Gasteiger partial charge in [0.05, 0.1) is 12.1 Å². The Morgan fingerprint density at radius 1 is 1.04 bits per heavy atom. The molecular formula is C20H28N4O3. The number of piperazine rings is 1. The number of amides is 2. The molecule has 0 unspecified atom stereocenters. The monoisotopic (exact) mass is 372 g/mol. The third-order valence-corrected chi connectivity index (χ3v) is 6.02. The van der Waals surface area contributed by atoms with E-state index in [9.17, 15) is 9.59 Å². The zero-order valence-electron chi connectivity index (χ0n) is 15.7. The largest absolute Gasteiger partial charge is 0.381 e. The number of hydrogen-bond acceptors (Lipinski definition) is 5. The number of nitrogens with two attached hydrogens (primary N) is 1. The second-order valence-electron chi connectivity index (χ2n) is 7.76. The van der Waals surface area contributed by atoms with Crippen LogP contribution in [0.5, 0.6) is 0 Å². The second kappa shape index (κ2) is 7.58. The van der Waals surface area contributed by atoms with Crippen LogP contribution in [0.4, 0.5) is 5.69 Å². The topological polar surface area (TPSA) is 79.1 Å². The van der Waals surface area contributed by atoms with E-state index in [2.05, 4.69) is 11.0 Å². The summed E-state index contributed by atoms with van der Waals surface area (Å²) in [5, 5.41) is 0. The van der Waals surface area contributed by atoms with Gasteiger partial charge in [0, 0.05) is 51.6 Å². The Bertz CT molecular complexity index is 709. The number of rotatable bonds is 3. The highest BCUT2D eigenvalue weighted by molar-refractivity contribution is 5.96. The molecule has 2 amide bonds. The molecule has 2 fully saturated rings. The third kappa shape index (κ3) is 3.72. The molecule has 2 N–H and O–H groups in total. The zero-order chi connectivity index (χ0) is 18.9. The van der Waals surface area contributed by atoms with Gasteiger partial charge in [0.15, 0.2) is 0 Å². The van der Waals surface area contributed by atoms with Gasteiger partial charge < -0.3 is 20.3 Å². The first kappa shape index (κ1) is 18.4. The number of para-hydroxylation sites is 1. The van der Waals surface area contributed by atoms with Crippen molar-refractivity contribution in [3.8, 4) is 0 Å². The van der Waals surface area contributed by atoms with Crippen LogP contribution in [0.1, 0.15) is 18.4 Å². The summed E-state index contributed by atoms with van der Waals surface area (Å²) in [6.45, 7) is 4.93. The van der Waals surface area contributed by atoms with Crippen LogP contribution in [0.2, 0.25) is 0 Å². The molecule has 7 heteroatoms. The summed E-state index contributed by atoms with van der Waals surface area (Å²) in [5.41, 5.74) is 7.83. The van der Waals surface area contributed by atoms with Gasteiger partial charge in [0.2, 0.25) is 11.8 Å². The number of benzene rings is 1. The Labute approximate surface area is 160 Å². The van der Waals surface area contributed by atoms with Gasteiger partial charge in [-0.1, -0.05) is 18.2 Å². The van der Waals surface area contributed by atoms with Gasteiger partial charge >= 0.3 is 0 Å². The van der Waals surface area contributed by atoms with Crippen molar-refractivity contribution in [1.82, 2.24) is 9.80 Å². The molecular weight excluding hydrogens is 344 g/mol. The maximum Gasteiger partial charge on any atom is 0.242 e. The predicted octanol–water partition coefficient (Wildman–Crippen LogP) is 0.228. The fraction of sp³-hybridized carbons (Fsp3) is 0.600. The highest BCUT2D eigenvalue weighted by atomic mass is 16.5. The molecule has 0 spiro atoms. The molecule has 146 valence electrons. The van der Waals surface area contributed by atoms with Crippen molar-refractivity contribution in [3.05, 3.63) is 29.8 Å². The Balaban J connectivity index is 1.30. The van der Waals surface area contributed by atoms with Crippen LogP contribution in [0.25, 0.3) is 0 Å². The Morgan fingerprint density at radius 3 is 2.48 bits per heavy atom. The van der Waals surface area contributed by atoms with E-state index < -0.39 is 5.54 Å². The maximum absolute atomic E-state index is 12.8. The quantitative estimate of drug-likeness (QED) is 0.822. The lowest BCUT2D eigenvalue weighted by Crippen LogP contribution is -2.61. The summed E-state index contributed by atoms with van der Waals surface area (Å²) < 4.78 is 5.34. The number of carbonyl (C=O) groups excluding carboxylic acids is 2. The predicted molar refractivity (Wildman–Crippen MR) is 102 cm³/mol. The van der Waals surface area contributed by atoms with Crippen molar-refractivity contribution in [2.24, 2.45) is 5.73 Å². The van der Waals surface area contributed by atoms with Gasteiger partial charge in [-0.3, -0.25) is 14.5 Å².